The summed E-state index contributed by atoms with van der Waals surface area (Å²) in [6, 6.07) is 8.09. The molecule has 0 radical (unpaired) electrons. The van der Waals surface area contributed by atoms with E-state index in [-0.39, 0.29) is 12.3 Å². The van der Waals surface area contributed by atoms with E-state index in [1.54, 1.807) is 48.2 Å². The Hall–Kier alpha value is -2.34. The van der Waals surface area contributed by atoms with Crippen molar-refractivity contribution in [1.29, 1.82) is 0 Å². The van der Waals surface area contributed by atoms with Gasteiger partial charge in [0.15, 0.2) is 0 Å². The molecule has 0 fully saturated rings. The van der Waals surface area contributed by atoms with Crippen LogP contribution < -0.4 is 10.1 Å². The lowest BCUT2D eigenvalue weighted by molar-refractivity contribution is -0.137. The van der Waals surface area contributed by atoms with E-state index in [9.17, 15) is 9.59 Å². The second-order valence-electron chi connectivity index (χ2n) is 4.41. The first kappa shape index (κ1) is 15.1. The number of hydrogen-bond donors (Lipinski definition) is 2. The fraction of sp³-hybridized carbons (Fsp3) is 0.200. The van der Waals surface area contributed by atoms with Crippen molar-refractivity contribution in [2.45, 2.75) is 12.5 Å². The maximum atomic E-state index is 12.1. The van der Waals surface area contributed by atoms with Crippen LogP contribution in [0.3, 0.4) is 0 Å². The second kappa shape index (κ2) is 6.90. The molecule has 2 rings (SSSR count). The maximum Gasteiger partial charge on any atom is 0.305 e. The molecule has 0 spiro atoms. The van der Waals surface area contributed by atoms with Gasteiger partial charge in [-0.1, -0.05) is 12.1 Å². The van der Waals surface area contributed by atoms with Crippen LogP contribution in [0, 0.1) is 0 Å². The van der Waals surface area contributed by atoms with Gasteiger partial charge in [0.1, 0.15) is 5.75 Å². The van der Waals surface area contributed by atoms with Crippen LogP contribution in [0.25, 0.3) is 0 Å². The molecule has 110 valence electrons. The zero-order valence-electron chi connectivity index (χ0n) is 11.4. The van der Waals surface area contributed by atoms with Crippen molar-refractivity contribution in [3.8, 4) is 5.75 Å². The summed E-state index contributed by atoms with van der Waals surface area (Å²) < 4.78 is 5.07. The quantitative estimate of drug-likeness (QED) is 0.860. The Balaban J connectivity index is 2.17. The van der Waals surface area contributed by atoms with Gasteiger partial charge in [-0.25, -0.2) is 0 Å². The molecule has 0 saturated carbocycles. The maximum absolute atomic E-state index is 12.1. The Morgan fingerprint density at radius 1 is 1.29 bits per heavy atom. The summed E-state index contributed by atoms with van der Waals surface area (Å²) >= 11 is 1.42. The van der Waals surface area contributed by atoms with Gasteiger partial charge in [-0.2, -0.15) is 11.3 Å². The van der Waals surface area contributed by atoms with Gasteiger partial charge < -0.3 is 15.2 Å². The summed E-state index contributed by atoms with van der Waals surface area (Å²) in [4.78, 5) is 23.1. The minimum atomic E-state index is -0.971. The van der Waals surface area contributed by atoms with Crippen molar-refractivity contribution in [2.24, 2.45) is 0 Å². The number of carboxylic acids is 1. The smallest absolute Gasteiger partial charge is 0.305 e. The average molecular weight is 305 g/mol. The summed E-state index contributed by atoms with van der Waals surface area (Å²) in [5.41, 5.74) is 1.26. The Labute approximate surface area is 126 Å². The number of thiophene rings is 1. The first-order valence-electron chi connectivity index (χ1n) is 6.29. The molecule has 1 amide bonds. The SMILES string of the molecule is COc1ccc([C@@H](CC(=O)O)NC(=O)c2ccsc2)cc1. The van der Waals surface area contributed by atoms with Gasteiger partial charge in [0.2, 0.25) is 0 Å². The minimum absolute atomic E-state index is 0.178. The van der Waals surface area contributed by atoms with Crippen molar-refractivity contribution in [1.82, 2.24) is 5.32 Å². The Bertz CT molecular complexity index is 607. The fourth-order valence-corrected chi connectivity index (χ4v) is 2.53. The molecular formula is C15H15NO4S. The summed E-state index contributed by atoms with van der Waals surface area (Å²) in [6.07, 6.45) is -0.178. The van der Waals surface area contributed by atoms with Gasteiger partial charge >= 0.3 is 5.97 Å². The van der Waals surface area contributed by atoms with Crippen LogP contribution in [0.2, 0.25) is 0 Å². The number of nitrogens with one attached hydrogen (secondary N) is 1. The molecule has 5 nitrogen and oxygen atoms in total. The average Bonchev–Trinajstić information content (AvgIpc) is 3.00. The number of methoxy groups -OCH3 is 1. The van der Waals surface area contributed by atoms with Gasteiger partial charge in [-0.3, -0.25) is 9.59 Å². The van der Waals surface area contributed by atoms with Crippen LogP contribution in [0.1, 0.15) is 28.4 Å². The highest BCUT2D eigenvalue weighted by atomic mass is 32.1. The molecule has 21 heavy (non-hydrogen) atoms. The number of hydrogen-bond acceptors (Lipinski definition) is 4. The molecule has 1 heterocycles. The van der Waals surface area contributed by atoms with Crippen LogP contribution >= 0.6 is 11.3 Å². The number of rotatable bonds is 6. The first-order valence-corrected chi connectivity index (χ1v) is 7.23. The van der Waals surface area contributed by atoms with Crippen molar-refractivity contribution in [2.75, 3.05) is 7.11 Å². The molecule has 6 heteroatoms. The second-order valence-corrected chi connectivity index (χ2v) is 5.19. The molecule has 0 unspecified atom stereocenters. The van der Waals surface area contributed by atoms with Crippen molar-refractivity contribution >= 4 is 23.2 Å². The van der Waals surface area contributed by atoms with E-state index < -0.39 is 12.0 Å². The van der Waals surface area contributed by atoms with Crippen molar-refractivity contribution < 1.29 is 19.4 Å². The van der Waals surface area contributed by atoms with E-state index in [4.69, 9.17) is 9.84 Å². The number of ether oxygens (including phenoxy) is 1. The lowest BCUT2D eigenvalue weighted by atomic mass is 10.0. The summed E-state index contributed by atoms with van der Waals surface area (Å²) in [5.74, 6) is -0.572. The van der Waals surface area contributed by atoms with Gasteiger partial charge in [0.05, 0.1) is 25.1 Å². The molecule has 2 N–H and O–H groups in total. The predicted octanol–water partition coefficient (Wildman–Crippen LogP) is 2.70. The highest BCUT2D eigenvalue weighted by Gasteiger charge is 2.19. The van der Waals surface area contributed by atoms with Crippen LogP contribution in [0.4, 0.5) is 0 Å². The molecule has 2 aromatic rings. The monoisotopic (exact) mass is 305 g/mol. The standard InChI is InChI=1S/C15H15NO4S/c1-20-12-4-2-10(3-5-12)13(8-14(17)18)16-15(19)11-6-7-21-9-11/h2-7,9,13H,8H2,1H3,(H,16,19)(H,17,18)/t13-/m1/s1. The molecule has 1 aromatic heterocycles. The van der Waals surface area contributed by atoms with Gasteiger partial charge in [0, 0.05) is 5.38 Å². The molecule has 0 saturated heterocycles. The summed E-state index contributed by atoms with van der Waals surface area (Å²) in [6.45, 7) is 0. The topological polar surface area (TPSA) is 75.6 Å². The number of carbonyl (C=O) groups is 2. The zero-order valence-corrected chi connectivity index (χ0v) is 12.2. The highest BCUT2D eigenvalue weighted by molar-refractivity contribution is 7.08. The highest BCUT2D eigenvalue weighted by Crippen LogP contribution is 2.21. The molecule has 0 bridgehead atoms. The van der Waals surface area contributed by atoms with Gasteiger partial charge in [-0.15, -0.1) is 0 Å². The normalized spacial score (nSPS) is 11.7. The number of carboxylic acid groups (broad SMARTS) is 1. The molecule has 0 aliphatic carbocycles. The van der Waals surface area contributed by atoms with Crippen LogP contribution in [-0.2, 0) is 4.79 Å². The van der Waals surface area contributed by atoms with Crippen molar-refractivity contribution in [3.05, 3.63) is 52.2 Å². The van der Waals surface area contributed by atoms with E-state index in [0.29, 0.717) is 11.3 Å². The summed E-state index contributed by atoms with van der Waals surface area (Å²) in [5, 5.41) is 15.3. The largest absolute Gasteiger partial charge is 0.497 e. The number of aliphatic carboxylic acids is 1. The lowest BCUT2D eigenvalue weighted by Crippen LogP contribution is -2.29. The van der Waals surface area contributed by atoms with E-state index in [2.05, 4.69) is 5.32 Å². The van der Waals surface area contributed by atoms with E-state index in [0.717, 1.165) is 5.56 Å². The van der Waals surface area contributed by atoms with E-state index >= 15 is 0 Å². The predicted molar refractivity (Wildman–Crippen MR) is 79.8 cm³/mol. The fourth-order valence-electron chi connectivity index (χ4n) is 1.90. The number of amides is 1. The molecule has 1 aromatic carbocycles. The zero-order chi connectivity index (χ0) is 15.2. The Morgan fingerprint density at radius 2 is 2.00 bits per heavy atom. The van der Waals surface area contributed by atoms with Gasteiger partial charge in [0.25, 0.3) is 5.91 Å². The van der Waals surface area contributed by atoms with Gasteiger partial charge in [-0.05, 0) is 29.1 Å². The van der Waals surface area contributed by atoms with Crippen molar-refractivity contribution in [3.63, 3.8) is 0 Å². The molecule has 0 aliphatic rings. The molecular weight excluding hydrogens is 290 g/mol. The third kappa shape index (κ3) is 4.06. The Kier molecular flexibility index (Phi) is 4.94. The Morgan fingerprint density at radius 3 is 2.52 bits per heavy atom. The van der Waals surface area contributed by atoms with E-state index in [1.165, 1.54) is 11.3 Å². The van der Waals surface area contributed by atoms with Crippen LogP contribution in [-0.4, -0.2) is 24.1 Å². The van der Waals surface area contributed by atoms with E-state index in [1.807, 2.05) is 0 Å². The van der Waals surface area contributed by atoms with Crippen LogP contribution in [0.15, 0.2) is 41.1 Å². The molecule has 1 atom stereocenters. The first-order chi connectivity index (χ1) is 10.1. The number of carbonyl (C=O) groups excluding carboxylic acids is 1. The minimum Gasteiger partial charge on any atom is -0.497 e. The third-order valence-electron chi connectivity index (χ3n) is 2.99. The molecule has 0 aliphatic heterocycles. The summed E-state index contributed by atoms with van der Waals surface area (Å²) in [7, 11) is 1.56. The van der Waals surface area contributed by atoms with Crippen LogP contribution in [0.5, 0.6) is 5.75 Å². The third-order valence-corrected chi connectivity index (χ3v) is 3.67. The number of benzene rings is 1. The lowest BCUT2D eigenvalue weighted by Gasteiger charge is -2.17.